The fraction of sp³-hybridized carbons (Fsp3) is 0.538. The van der Waals surface area contributed by atoms with Crippen LogP contribution in [-0.2, 0) is 4.74 Å². The van der Waals surface area contributed by atoms with E-state index in [0.717, 1.165) is 31.0 Å². The van der Waals surface area contributed by atoms with Crippen LogP contribution < -0.4 is 5.32 Å². The quantitative estimate of drug-likeness (QED) is 0.763. The van der Waals surface area contributed by atoms with Gasteiger partial charge in [0.05, 0.1) is 12.8 Å². The highest BCUT2D eigenvalue weighted by molar-refractivity contribution is 5.45. The summed E-state index contributed by atoms with van der Waals surface area (Å²) in [5.74, 6) is 1.55. The average Bonchev–Trinajstić information content (AvgIpc) is 2.80. The van der Waals surface area contributed by atoms with Gasteiger partial charge in [-0.25, -0.2) is 9.50 Å². The van der Waals surface area contributed by atoms with Crippen molar-refractivity contribution in [3.8, 4) is 0 Å². The van der Waals surface area contributed by atoms with Gasteiger partial charge in [0.25, 0.3) is 0 Å². The van der Waals surface area contributed by atoms with Crippen molar-refractivity contribution in [3.05, 3.63) is 24.5 Å². The highest BCUT2D eigenvalue weighted by Crippen LogP contribution is 2.05. The molecule has 2 aromatic heterocycles. The van der Waals surface area contributed by atoms with Gasteiger partial charge in [0, 0.05) is 25.4 Å². The maximum atomic E-state index is 5.53. The lowest BCUT2D eigenvalue weighted by Gasteiger charge is -2.08. The first-order chi connectivity index (χ1) is 8.75. The summed E-state index contributed by atoms with van der Waals surface area (Å²) < 4.78 is 7.27. The minimum Gasteiger partial charge on any atom is -0.380 e. The van der Waals surface area contributed by atoms with Crippen LogP contribution in [0.4, 0.5) is 5.82 Å². The van der Waals surface area contributed by atoms with Crippen molar-refractivity contribution in [1.82, 2.24) is 14.6 Å². The third kappa shape index (κ3) is 3.70. The van der Waals surface area contributed by atoms with E-state index in [4.69, 9.17) is 4.74 Å². The molecule has 0 atom stereocenters. The fourth-order valence-corrected chi connectivity index (χ4v) is 1.58. The molecule has 0 spiro atoms. The first-order valence-corrected chi connectivity index (χ1v) is 6.38. The number of hydrogen-bond donors (Lipinski definition) is 1. The lowest BCUT2D eigenvalue weighted by molar-refractivity contribution is 0.132. The molecule has 0 aliphatic rings. The average molecular weight is 248 g/mol. The Bertz CT molecular complexity index is 481. The van der Waals surface area contributed by atoms with Crippen LogP contribution in [0.5, 0.6) is 0 Å². The van der Waals surface area contributed by atoms with E-state index in [1.54, 1.807) is 10.7 Å². The molecule has 1 N–H and O–H groups in total. The van der Waals surface area contributed by atoms with Crippen LogP contribution in [-0.4, -0.2) is 34.4 Å². The molecular weight excluding hydrogens is 228 g/mol. The topological polar surface area (TPSA) is 51.5 Å². The molecule has 5 nitrogen and oxygen atoms in total. The number of nitrogens with zero attached hydrogens (tertiary/aromatic N) is 3. The zero-order valence-electron chi connectivity index (χ0n) is 11.0. The molecule has 0 saturated carbocycles. The molecule has 2 rings (SSSR count). The smallest absolute Gasteiger partial charge is 0.157 e. The van der Waals surface area contributed by atoms with E-state index in [9.17, 15) is 0 Å². The Morgan fingerprint density at radius 3 is 3.06 bits per heavy atom. The van der Waals surface area contributed by atoms with E-state index in [2.05, 4.69) is 29.2 Å². The second-order valence-electron chi connectivity index (χ2n) is 4.67. The molecular formula is C13H20N4O. The lowest BCUT2D eigenvalue weighted by Crippen LogP contribution is -2.12. The molecule has 0 amide bonds. The van der Waals surface area contributed by atoms with Gasteiger partial charge in [-0.2, -0.15) is 5.10 Å². The molecule has 0 aliphatic carbocycles. The number of anilines is 1. The summed E-state index contributed by atoms with van der Waals surface area (Å²) in [5, 5.41) is 7.34. The maximum absolute atomic E-state index is 5.53. The first-order valence-electron chi connectivity index (χ1n) is 6.38. The zero-order chi connectivity index (χ0) is 12.8. The second-order valence-corrected chi connectivity index (χ2v) is 4.67. The summed E-state index contributed by atoms with van der Waals surface area (Å²) in [7, 11) is 0. The van der Waals surface area contributed by atoms with E-state index < -0.39 is 0 Å². The lowest BCUT2D eigenvalue weighted by atomic mass is 10.1. The van der Waals surface area contributed by atoms with Crippen LogP contribution in [0.2, 0.25) is 0 Å². The van der Waals surface area contributed by atoms with E-state index in [1.807, 2.05) is 18.3 Å². The van der Waals surface area contributed by atoms with Gasteiger partial charge < -0.3 is 10.1 Å². The number of fused-ring (bicyclic) bond motifs is 1. The third-order valence-corrected chi connectivity index (χ3v) is 2.65. The summed E-state index contributed by atoms with van der Waals surface area (Å²) in [5.41, 5.74) is 0.848. The van der Waals surface area contributed by atoms with Gasteiger partial charge >= 0.3 is 0 Å². The van der Waals surface area contributed by atoms with Gasteiger partial charge in [-0.15, -0.1) is 0 Å². The summed E-state index contributed by atoms with van der Waals surface area (Å²) >= 11 is 0. The Kier molecular flexibility index (Phi) is 4.52. The second kappa shape index (κ2) is 6.35. The molecule has 2 heterocycles. The van der Waals surface area contributed by atoms with Crippen molar-refractivity contribution in [2.75, 3.05) is 25.1 Å². The Labute approximate surface area is 107 Å². The normalized spacial score (nSPS) is 11.3. The van der Waals surface area contributed by atoms with Crippen LogP contribution in [0.1, 0.15) is 20.3 Å². The summed E-state index contributed by atoms with van der Waals surface area (Å²) in [4.78, 5) is 4.42. The molecule has 0 aliphatic heterocycles. The standard InChI is InChI=1S/C13H20N4O/c1-11(2)5-9-18-10-7-14-12-4-8-17-13(16-12)3-6-15-17/h3-4,6,8,11H,5,7,9-10H2,1-2H3,(H,14,16). The molecule has 0 radical (unpaired) electrons. The van der Waals surface area contributed by atoms with Gasteiger partial charge in [0.2, 0.25) is 0 Å². The Hall–Kier alpha value is -1.62. The Morgan fingerprint density at radius 2 is 2.22 bits per heavy atom. The fourth-order valence-electron chi connectivity index (χ4n) is 1.58. The number of hydrogen-bond acceptors (Lipinski definition) is 4. The molecule has 98 valence electrons. The molecule has 0 fully saturated rings. The molecule has 0 unspecified atom stereocenters. The van der Waals surface area contributed by atoms with Crippen molar-refractivity contribution in [2.24, 2.45) is 5.92 Å². The number of aromatic nitrogens is 3. The van der Waals surface area contributed by atoms with Gasteiger partial charge in [-0.05, 0) is 18.4 Å². The van der Waals surface area contributed by atoms with Crippen LogP contribution in [0.3, 0.4) is 0 Å². The highest BCUT2D eigenvalue weighted by Gasteiger charge is 1.98. The SMILES string of the molecule is CC(C)CCOCCNc1ccn2nccc2n1. The zero-order valence-corrected chi connectivity index (χ0v) is 11.0. The van der Waals surface area contributed by atoms with Crippen molar-refractivity contribution in [3.63, 3.8) is 0 Å². The Balaban J connectivity index is 1.70. The predicted molar refractivity (Wildman–Crippen MR) is 71.8 cm³/mol. The summed E-state index contributed by atoms with van der Waals surface area (Å²) in [6.07, 6.45) is 4.74. The summed E-state index contributed by atoms with van der Waals surface area (Å²) in [6.45, 7) is 6.71. The van der Waals surface area contributed by atoms with Crippen molar-refractivity contribution < 1.29 is 4.74 Å². The van der Waals surface area contributed by atoms with Gasteiger partial charge in [0.15, 0.2) is 5.65 Å². The summed E-state index contributed by atoms with van der Waals surface area (Å²) in [6, 6.07) is 3.79. The minimum absolute atomic E-state index is 0.698. The van der Waals surface area contributed by atoms with Gasteiger partial charge in [0.1, 0.15) is 5.82 Å². The van der Waals surface area contributed by atoms with E-state index >= 15 is 0 Å². The van der Waals surface area contributed by atoms with Crippen molar-refractivity contribution in [2.45, 2.75) is 20.3 Å². The third-order valence-electron chi connectivity index (χ3n) is 2.65. The van der Waals surface area contributed by atoms with Gasteiger partial charge in [-0.1, -0.05) is 13.8 Å². The number of nitrogens with one attached hydrogen (secondary N) is 1. The highest BCUT2D eigenvalue weighted by atomic mass is 16.5. The molecule has 0 bridgehead atoms. The van der Waals surface area contributed by atoms with Crippen LogP contribution in [0.25, 0.3) is 5.65 Å². The van der Waals surface area contributed by atoms with Crippen LogP contribution in [0, 0.1) is 5.92 Å². The monoisotopic (exact) mass is 248 g/mol. The Morgan fingerprint density at radius 1 is 1.33 bits per heavy atom. The number of ether oxygens (including phenoxy) is 1. The van der Waals surface area contributed by atoms with Crippen LogP contribution >= 0.6 is 0 Å². The first kappa shape index (κ1) is 12.8. The minimum atomic E-state index is 0.698. The maximum Gasteiger partial charge on any atom is 0.157 e. The van der Waals surface area contributed by atoms with Gasteiger partial charge in [-0.3, -0.25) is 0 Å². The molecule has 0 aromatic carbocycles. The van der Waals surface area contributed by atoms with Crippen molar-refractivity contribution >= 4 is 11.5 Å². The molecule has 2 aromatic rings. The van der Waals surface area contributed by atoms with E-state index in [-0.39, 0.29) is 0 Å². The van der Waals surface area contributed by atoms with Crippen LogP contribution in [0.15, 0.2) is 24.5 Å². The predicted octanol–water partition coefficient (Wildman–Crippen LogP) is 2.20. The number of rotatable bonds is 7. The van der Waals surface area contributed by atoms with Crippen molar-refractivity contribution in [1.29, 1.82) is 0 Å². The van der Waals surface area contributed by atoms with E-state index in [0.29, 0.717) is 12.5 Å². The molecule has 5 heteroatoms. The molecule has 18 heavy (non-hydrogen) atoms. The molecule has 0 saturated heterocycles. The van der Waals surface area contributed by atoms with E-state index in [1.165, 1.54) is 0 Å². The largest absolute Gasteiger partial charge is 0.380 e.